The molecule has 4 amide bonds. The molecule has 3 rings (SSSR count). The molecule has 0 aromatic heterocycles. The number of carbonyl (C=O) groups excluding carboxylic acids is 3. The first kappa shape index (κ1) is 15.7. The van der Waals surface area contributed by atoms with Gasteiger partial charge in [-0.1, -0.05) is 18.2 Å². The van der Waals surface area contributed by atoms with Crippen LogP contribution in [0.3, 0.4) is 0 Å². The van der Waals surface area contributed by atoms with Gasteiger partial charge in [-0.3, -0.25) is 19.4 Å². The van der Waals surface area contributed by atoms with Crippen molar-refractivity contribution in [3.8, 4) is 5.75 Å². The van der Waals surface area contributed by atoms with Gasteiger partial charge in [-0.25, -0.2) is 4.79 Å². The average molecular weight is 324 g/mol. The number of hydrogen-bond donors (Lipinski definition) is 0. The number of likely N-dealkylation sites (N-methyl/N-ethyl adjacent to an activating group) is 2. The Bertz CT molecular complexity index is 875. The van der Waals surface area contributed by atoms with Crippen LogP contribution in [0.15, 0.2) is 42.0 Å². The summed E-state index contributed by atoms with van der Waals surface area (Å²) in [5.74, 6) is -0.441. The molecule has 122 valence electrons. The van der Waals surface area contributed by atoms with Crippen molar-refractivity contribution in [2.75, 3.05) is 21.2 Å². The number of fused-ring (bicyclic) bond motifs is 1. The fraction of sp³-hybridized carbons (Fsp3) is 0.167. The van der Waals surface area contributed by atoms with E-state index in [2.05, 4.69) is 0 Å². The minimum atomic E-state index is -0.632. The number of barbiturate groups is 1. The van der Waals surface area contributed by atoms with Crippen LogP contribution in [0.25, 0.3) is 16.8 Å². The SMILES string of the molecule is COc1ccc2cc(C=C3C(=O)N(C)C(=O)N(C)C3=O)ccc2c1. The van der Waals surface area contributed by atoms with Crippen LogP contribution in [-0.4, -0.2) is 48.9 Å². The van der Waals surface area contributed by atoms with Crippen molar-refractivity contribution in [3.05, 3.63) is 47.5 Å². The van der Waals surface area contributed by atoms with Crippen LogP contribution in [-0.2, 0) is 9.59 Å². The Morgan fingerprint density at radius 2 is 1.46 bits per heavy atom. The maximum atomic E-state index is 12.2. The normalized spacial score (nSPS) is 15.3. The number of carbonyl (C=O) groups is 3. The molecule has 0 saturated carbocycles. The molecule has 2 aromatic carbocycles. The summed E-state index contributed by atoms with van der Waals surface area (Å²) < 4.78 is 5.19. The van der Waals surface area contributed by atoms with Crippen molar-refractivity contribution in [1.29, 1.82) is 0 Å². The zero-order valence-electron chi connectivity index (χ0n) is 13.6. The molecule has 1 heterocycles. The third-order valence-electron chi connectivity index (χ3n) is 4.03. The summed E-state index contributed by atoms with van der Waals surface area (Å²) in [5, 5.41) is 1.95. The first-order chi connectivity index (χ1) is 11.4. The van der Waals surface area contributed by atoms with Gasteiger partial charge in [-0.2, -0.15) is 0 Å². The first-order valence-electron chi connectivity index (χ1n) is 7.32. The lowest BCUT2D eigenvalue weighted by Crippen LogP contribution is -2.52. The van der Waals surface area contributed by atoms with Gasteiger partial charge < -0.3 is 4.74 Å². The fourth-order valence-corrected chi connectivity index (χ4v) is 2.60. The summed E-state index contributed by atoms with van der Waals surface area (Å²) in [6.07, 6.45) is 1.51. The Labute approximate surface area is 138 Å². The van der Waals surface area contributed by atoms with Gasteiger partial charge >= 0.3 is 6.03 Å². The van der Waals surface area contributed by atoms with E-state index in [1.165, 1.54) is 20.2 Å². The lowest BCUT2D eigenvalue weighted by Gasteiger charge is -2.28. The fourth-order valence-electron chi connectivity index (χ4n) is 2.60. The van der Waals surface area contributed by atoms with Gasteiger partial charge in [0.05, 0.1) is 7.11 Å². The lowest BCUT2D eigenvalue weighted by molar-refractivity contribution is -0.134. The van der Waals surface area contributed by atoms with Crippen molar-refractivity contribution in [2.24, 2.45) is 0 Å². The predicted molar refractivity (Wildman–Crippen MR) is 89.4 cm³/mol. The molecule has 1 aliphatic rings. The molecule has 0 atom stereocenters. The molecular weight excluding hydrogens is 308 g/mol. The summed E-state index contributed by atoms with van der Waals surface area (Å²) in [5.41, 5.74) is 0.674. The highest BCUT2D eigenvalue weighted by atomic mass is 16.5. The Balaban J connectivity index is 2.03. The topological polar surface area (TPSA) is 66.9 Å². The van der Waals surface area contributed by atoms with Crippen LogP contribution in [0, 0.1) is 0 Å². The largest absolute Gasteiger partial charge is 0.497 e. The second kappa shape index (κ2) is 5.81. The quantitative estimate of drug-likeness (QED) is 0.628. The number of amides is 4. The van der Waals surface area contributed by atoms with Crippen molar-refractivity contribution in [1.82, 2.24) is 9.80 Å². The second-order valence-corrected chi connectivity index (χ2v) is 5.54. The van der Waals surface area contributed by atoms with Crippen LogP contribution in [0.2, 0.25) is 0 Å². The van der Waals surface area contributed by atoms with E-state index < -0.39 is 17.8 Å². The molecule has 0 radical (unpaired) electrons. The monoisotopic (exact) mass is 324 g/mol. The highest BCUT2D eigenvalue weighted by Crippen LogP contribution is 2.24. The Morgan fingerprint density at radius 1 is 0.875 bits per heavy atom. The van der Waals surface area contributed by atoms with Gasteiger partial charge in [0.2, 0.25) is 0 Å². The van der Waals surface area contributed by atoms with Crippen LogP contribution in [0.1, 0.15) is 5.56 Å². The summed E-state index contributed by atoms with van der Waals surface area (Å²) in [7, 11) is 4.32. The van der Waals surface area contributed by atoms with Gasteiger partial charge in [0.15, 0.2) is 0 Å². The van der Waals surface area contributed by atoms with E-state index in [4.69, 9.17) is 4.74 Å². The molecule has 2 aromatic rings. The molecular formula is C18H16N2O4. The molecule has 6 nitrogen and oxygen atoms in total. The Morgan fingerprint density at radius 3 is 2.08 bits per heavy atom. The summed E-state index contributed by atoms with van der Waals surface area (Å²) >= 11 is 0. The van der Waals surface area contributed by atoms with Gasteiger partial charge in [0, 0.05) is 14.1 Å². The van der Waals surface area contributed by atoms with E-state index in [-0.39, 0.29) is 5.57 Å². The third-order valence-corrected chi connectivity index (χ3v) is 4.03. The van der Waals surface area contributed by atoms with Crippen LogP contribution in [0.5, 0.6) is 5.75 Å². The van der Waals surface area contributed by atoms with Gasteiger partial charge in [-0.05, 0) is 40.6 Å². The summed E-state index contributed by atoms with van der Waals surface area (Å²) in [4.78, 5) is 38.0. The van der Waals surface area contributed by atoms with Crippen LogP contribution < -0.4 is 4.74 Å². The second-order valence-electron chi connectivity index (χ2n) is 5.54. The minimum Gasteiger partial charge on any atom is -0.497 e. The van der Waals surface area contributed by atoms with E-state index >= 15 is 0 Å². The van der Waals surface area contributed by atoms with E-state index in [1.807, 2.05) is 36.4 Å². The van der Waals surface area contributed by atoms with Gasteiger partial charge in [0.25, 0.3) is 11.8 Å². The maximum Gasteiger partial charge on any atom is 0.333 e. The third kappa shape index (κ3) is 2.52. The predicted octanol–water partition coefficient (Wildman–Crippen LogP) is 2.28. The molecule has 0 bridgehead atoms. The Hall–Kier alpha value is -3.15. The molecule has 24 heavy (non-hydrogen) atoms. The lowest BCUT2D eigenvalue weighted by atomic mass is 10.0. The number of methoxy groups -OCH3 is 1. The molecule has 1 saturated heterocycles. The molecule has 0 N–H and O–H groups in total. The Kier molecular flexibility index (Phi) is 3.81. The molecule has 1 fully saturated rings. The number of ether oxygens (including phenoxy) is 1. The number of nitrogens with zero attached hydrogens (tertiary/aromatic N) is 2. The summed E-state index contributed by atoms with van der Waals surface area (Å²) in [6, 6.07) is 10.6. The zero-order chi connectivity index (χ0) is 17.4. The van der Waals surface area contributed by atoms with E-state index in [0.717, 1.165) is 26.3 Å². The smallest absolute Gasteiger partial charge is 0.333 e. The molecule has 6 heteroatoms. The van der Waals surface area contributed by atoms with Crippen molar-refractivity contribution < 1.29 is 19.1 Å². The van der Waals surface area contributed by atoms with Gasteiger partial charge in [-0.15, -0.1) is 0 Å². The van der Waals surface area contributed by atoms with Crippen molar-refractivity contribution in [3.63, 3.8) is 0 Å². The number of hydrogen-bond acceptors (Lipinski definition) is 4. The van der Waals surface area contributed by atoms with Crippen molar-refractivity contribution in [2.45, 2.75) is 0 Å². The molecule has 0 spiro atoms. The van der Waals surface area contributed by atoms with Crippen LogP contribution >= 0.6 is 0 Å². The first-order valence-corrected chi connectivity index (χ1v) is 7.32. The van der Waals surface area contributed by atoms with Crippen LogP contribution in [0.4, 0.5) is 4.79 Å². The van der Waals surface area contributed by atoms with E-state index in [1.54, 1.807) is 7.11 Å². The maximum absolute atomic E-state index is 12.2. The minimum absolute atomic E-state index is 0.0348. The van der Waals surface area contributed by atoms with E-state index in [9.17, 15) is 14.4 Å². The highest BCUT2D eigenvalue weighted by molar-refractivity contribution is 6.30. The standard InChI is InChI=1S/C18H16N2O4/c1-19-16(21)15(17(22)20(2)18(19)23)9-11-4-5-13-10-14(24-3)7-6-12(13)8-11/h4-10H,1-3H3. The highest BCUT2D eigenvalue weighted by Gasteiger charge is 2.37. The molecule has 0 aliphatic carbocycles. The molecule has 1 aliphatic heterocycles. The van der Waals surface area contributed by atoms with Crippen molar-refractivity contribution >= 4 is 34.7 Å². The van der Waals surface area contributed by atoms with E-state index in [0.29, 0.717) is 5.56 Å². The number of benzene rings is 2. The molecule has 0 unspecified atom stereocenters. The number of rotatable bonds is 2. The van der Waals surface area contributed by atoms with Gasteiger partial charge in [0.1, 0.15) is 11.3 Å². The zero-order valence-corrected chi connectivity index (χ0v) is 13.6. The summed E-state index contributed by atoms with van der Waals surface area (Å²) in [6.45, 7) is 0. The number of imide groups is 2. The average Bonchev–Trinajstić information content (AvgIpc) is 2.61. The number of urea groups is 1.